The number of nitrogens with one attached hydrogen (secondary N) is 1. The van der Waals surface area contributed by atoms with Crippen LogP contribution in [-0.4, -0.2) is 17.4 Å². The number of rotatable bonds is 2. The second kappa shape index (κ2) is 5.49. The molecule has 15 heavy (non-hydrogen) atoms. The van der Waals surface area contributed by atoms with Crippen LogP contribution in [0.2, 0.25) is 0 Å². The maximum absolute atomic E-state index is 10.3. The highest BCUT2D eigenvalue weighted by Crippen LogP contribution is 2.26. The zero-order valence-corrected chi connectivity index (χ0v) is 11.7. The number of nitrogens with two attached hydrogens (primary N) is 1. The summed E-state index contributed by atoms with van der Waals surface area (Å²) in [7, 11) is 0. The van der Waals surface area contributed by atoms with Gasteiger partial charge in [0.25, 0.3) is 0 Å². The monoisotopic (exact) mass is 431 g/mol. The molecule has 0 heterocycles. The Morgan fingerprint density at radius 3 is 2.47 bits per heavy atom. The molecule has 0 aliphatic carbocycles. The van der Waals surface area contributed by atoms with Crippen molar-refractivity contribution in [1.29, 1.82) is 0 Å². The highest BCUT2D eigenvalue weighted by Gasteiger charge is 2.04. The number of aromatic hydroxyl groups is 1. The molecule has 0 saturated carbocycles. The van der Waals surface area contributed by atoms with Crippen molar-refractivity contribution in [3.63, 3.8) is 0 Å². The highest BCUT2D eigenvalue weighted by atomic mass is 127. The molecule has 0 bridgehead atoms. The van der Waals surface area contributed by atoms with Crippen LogP contribution in [0.1, 0.15) is 5.56 Å². The zero-order valence-electron chi connectivity index (χ0n) is 7.37. The molecule has 0 aliphatic rings. The molecule has 7 heteroatoms. The lowest BCUT2D eigenvalue weighted by Gasteiger charge is -2.01. The summed E-state index contributed by atoms with van der Waals surface area (Å²) in [5, 5.41) is 13.1. The van der Waals surface area contributed by atoms with Crippen molar-refractivity contribution in [1.82, 2.24) is 5.43 Å². The van der Waals surface area contributed by atoms with E-state index < -0.39 is 6.03 Å². The first-order valence-electron chi connectivity index (χ1n) is 3.77. The number of halogens is 2. The molecule has 1 aromatic rings. The SMILES string of the molecule is NC(=O)N/N=C\c1cc(I)c(O)c(I)c1. The lowest BCUT2D eigenvalue weighted by atomic mass is 10.2. The van der Waals surface area contributed by atoms with Crippen LogP contribution < -0.4 is 11.2 Å². The number of amides is 2. The molecule has 0 radical (unpaired) electrons. The number of hydrogen-bond acceptors (Lipinski definition) is 3. The number of benzene rings is 1. The number of hydrazone groups is 1. The lowest BCUT2D eigenvalue weighted by molar-refractivity contribution is 0.249. The van der Waals surface area contributed by atoms with Crippen LogP contribution in [0.25, 0.3) is 0 Å². The Morgan fingerprint density at radius 2 is 2.00 bits per heavy atom. The minimum Gasteiger partial charge on any atom is -0.506 e. The molecule has 0 saturated heterocycles. The van der Waals surface area contributed by atoms with Crippen molar-refractivity contribution in [3.8, 4) is 5.75 Å². The maximum Gasteiger partial charge on any atom is 0.332 e. The van der Waals surface area contributed by atoms with E-state index >= 15 is 0 Å². The fraction of sp³-hybridized carbons (Fsp3) is 0. The van der Waals surface area contributed by atoms with Crippen LogP contribution in [0.3, 0.4) is 0 Å². The fourth-order valence-electron chi connectivity index (χ4n) is 0.830. The van der Waals surface area contributed by atoms with E-state index in [2.05, 4.69) is 10.5 Å². The van der Waals surface area contributed by atoms with E-state index in [4.69, 9.17) is 5.73 Å². The van der Waals surface area contributed by atoms with E-state index in [-0.39, 0.29) is 5.75 Å². The second-order valence-corrected chi connectivity index (χ2v) is 4.89. The Hall–Kier alpha value is -0.580. The highest BCUT2D eigenvalue weighted by molar-refractivity contribution is 14.1. The average molecular weight is 431 g/mol. The second-order valence-electron chi connectivity index (χ2n) is 2.57. The van der Waals surface area contributed by atoms with Crippen molar-refractivity contribution >= 4 is 57.4 Å². The largest absolute Gasteiger partial charge is 0.506 e. The zero-order chi connectivity index (χ0) is 11.4. The molecule has 1 rings (SSSR count). The third-order valence-electron chi connectivity index (χ3n) is 1.43. The van der Waals surface area contributed by atoms with Crippen molar-refractivity contribution in [2.45, 2.75) is 0 Å². The molecule has 80 valence electrons. The van der Waals surface area contributed by atoms with Crippen molar-refractivity contribution in [3.05, 3.63) is 24.8 Å². The molecular weight excluding hydrogens is 424 g/mol. The first-order chi connectivity index (χ1) is 7.00. The summed E-state index contributed by atoms with van der Waals surface area (Å²) in [6.45, 7) is 0. The van der Waals surface area contributed by atoms with Gasteiger partial charge in [0.15, 0.2) is 0 Å². The number of urea groups is 1. The smallest absolute Gasteiger partial charge is 0.332 e. The van der Waals surface area contributed by atoms with E-state index in [1.165, 1.54) is 6.21 Å². The van der Waals surface area contributed by atoms with Crippen LogP contribution >= 0.6 is 45.2 Å². The minimum absolute atomic E-state index is 0.246. The predicted molar refractivity (Wildman–Crippen MR) is 73.9 cm³/mol. The molecule has 5 nitrogen and oxygen atoms in total. The Labute approximate surface area is 113 Å². The summed E-state index contributed by atoms with van der Waals surface area (Å²) in [4.78, 5) is 10.3. The molecule has 4 N–H and O–H groups in total. The van der Waals surface area contributed by atoms with Gasteiger partial charge in [0.1, 0.15) is 5.75 Å². The van der Waals surface area contributed by atoms with Crippen LogP contribution in [0.15, 0.2) is 17.2 Å². The molecule has 0 atom stereocenters. The van der Waals surface area contributed by atoms with E-state index in [0.29, 0.717) is 0 Å². The summed E-state index contributed by atoms with van der Waals surface area (Å²) < 4.78 is 1.44. The summed E-state index contributed by atoms with van der Waals surface area (Å²) in [5.41, 5.74) is 7.70. The molecule has 0 spiro atoms. The molecule has 2 amide bonds. The van der Waals surface area contributed by atoms with Crippen molar-refractivity contribution < 1.29 is 9.90 Å². The van der Waals surface area contributed by atoms with Crippen molar-refractivity contribution in [2.24, 2.45) is 10.8 Å². The number of carbonyl (C=O) groups is 1. The Morgan fingerprint density at radius 1 is 1.47 bits per heavy atom. The van der Waals surface area contributed by atoms with Crippen LogP contribution in [0.5, 0.6) is 5.75 Å². The lowest BCUT2D eigenvalue weighted by Crippen LogP contribution is -2.24. The van der Waals surface area contributed by atoms with Crippen molar-refractivity contribution in [2.75, 3.05) is 0 Å². The quantitative estimate of drug-likeness (QED) is 0.378. The summed E-state index contributed by atoms with van der Waals surface area (Å²) >= 11 is 4.02. The van der Waals surface area contributed by atoms with E-state index in [0.717, 1.165) is 12.7 Å². The summed E-state index contributed by atoms with van der Waals surface area (Å²) in [6.07, 6.45) is 1.45. The summed E-state index contributed by atoms with van der Waals surface area (Å²) in [6, 6.07) is 2.77. The third-order valence-corrected chi connectivity index (χ3v) is 3.07. The van der Waals surface area contributed by atoms with Gasteiger partial charge in [0.2, 0.25) is 0 Å². The first kappa shape index (κ1) is 12.5. The van der Waals surface area contributed by atoms with Crippen LogP contribution in [0.4, 0.5) is 4.79 Å². The van der Waals surface area contributed by atoms with E-state index in [1.54, 1.807) is 12.1 Å². The maximum atomic E-state index is 10.3. The van der Waals surface area contributed by atoms with Gasteiger partial charge in [0.05, 0.1) is 13.4 Å². The number of carbonyl (C=O) groups excluding carboxylic acids is 1. The third kappa shape index (κ3) is 3.81. The van der Waals surface area contributed by atoms with Gasteiger partial charge >= 0.3 is 6.03 Å². The fourth-order valence-corrected chi connectivity index (χ4v) is 2.65. The molecule has 0 unspecified atom stereocenters. The molecule has 0 fully saturated rings. The number of phenolic OH excluding ortho intramolecular Hbond substituents is 1. The van der Waals surface area contributed by atoms with Crippen LogP contribution in [-0.2, 0) is 0 Å². The first-order valence-corrected chi connectivity index (χ1v) is 5.93. The van der Waals surface area contributed by atoms with Gasteiger partial charge in [-0.05, 0) is 62.9 Å². The normalized spacial score (nSPS) is 10.5. The van der Waals surface area contributed by atoms with E-state index in [1.807, 2.05) is 45.2 Å². The van der Waals surface area contributed by atoms with Gasteiger partial charge < -0.3 is 10.8 Å². The Kier molecular flexibility index (Phi) is 4.57. The minimum atomic E-state index is -0.713. The number of primary amides is 1. The van der Waals surface area contributed by atoms with Gasteiger partial charge in [-0.1, -0.05) is 0 Å². The topological polar surface area (TPSA) is 87.7 Å². The number of phenols is 1. The average Bonchev–Trinajstić information content (AvgIpc) is 2.13. The Bertz CT molecular complexity index is 397. The van der Waals surface area contributed by atoms with Gasteiger partial charge in [-0.2, -0.15) is 5.10 Å². The molecule has 0 aliphatic heterocycles. The van der Waals surface area contributed by atoms with Crippen LogP contribution in [0, 0.1) is 7.14 Å². The molecule has 0 aromatic heterocycles. The summed E-state index contributed by atoms with van der Waals surface area (Å²) in [5.74, 6) is 0.246. The Balaban J connectivity index is 2.87. The van der Waals surface area contributed by atoms with Gasteiger partial charge in [-0.25, -0.2) is 10.2 Å². The molecular formula is C8H7I2N3O2. The van der Waals surface area contributed by atoms with Gasteiger partial charge in [-0.15, -0.1) is 0 Å². The molecule has 1 aromatic carbocycles. The number of hydrogen-bond donors (Lipinski definition) is 3. The van der Waals surface area contributed by atoms with Gasteiger partial charge in [0, 0.05) is 0 Å². The number of nitrogens with zero attached hydrogens (tertiary/aromatic N) is 1. The van der Waals surface area contributed by atoms with Gasteiger partial charge in [-0.3, -0.25) is 0 Å². The standard InChI is InChI=1S/C8H7I2N3O2/c9-5-1-4(2-6(10)7(5)14)3-12-13-8(11)15/h1-3,14H,(H3,11,13,15)/b12-3-. The van der Waals surface area contributed by atoms with E-state index in [9.17, 15) is 9.90 Å². The predicted octanol–water partition coefficient (Wildman–Crippen LogP) is 1.60.